The monoisotopic (exact) mass is 266 g/mol. The Morgan fingerprint density at radius 2 is 2.00 bits per heavy atom. The zero-order chi connectivity index (χ0) is 12.8. The van der Waals surface area contributed by atoms with E-state index in [1.807, 2.05) is 46.7 Å². The smallest absolute Gasteiger partial charge is 0.259 e. The molecular formula is C15H10N2OS. The molecule has 92 valence electrons. The highest BCUT2D eigenvalue weighted by Crippen LogP contribution is 2.37. The van der Waals surface area contributed by atoms with Crippen LogP contribution in [0.4, 0.5) is 5.69 Å². The summed E-state index contributed by atoms with van der Waals surface area (Å²) in [6.07, 6.45) is 1.77. The van der Waals surface area contributed by atoms with Crippen LogP contribution in [0.5, 0.6) is 0 Å². The first-order valence-corrected chi connectivity index (χ1v) is 6.94. The molecular weight excluding hydrogens is 256 g/mol. The highest BCUT2D eigenvalue weighted by Gasteiger charge is 2.29. The van der Waals surface area contributed by atoms with Gasteiger partial charge in [0.15, 0.2) is 0 Å². The van der Waals surface area contributed by atoms with Gasteiger partial charge in [0.05, 0.1) is 12.2 Å². The van der Waals surface area contributed by atoms with Gasteiger partial charge in [0.2, 0.25) is 0 Å². The van der Waals surface area contributed by atoms with E-state index in [9.17, 15) is 4.79 Å². The highest BCUT2D eigenvalue weighted by molar-refractivity contribution is 7.09. The maximum atomic E-state index is 12.5. The Morgan fingerprint density at radius 1 is 1.16 bits per heavy atom. The van der Waals surface area contributed by atoms with Gasteiger partial charge in [0, 0.05) is 22.5 Å². The van der Waals surface area contributed by atoms with Crippen LogP contribution >= 0.6 is 11.3 Å². The van der Waals surface area contributed by atoms with E-state index in [1.165, 1.54) is 0 Å². The molecule has 0 unspecified atom stereocenters. The molecule has 1 aliphatic rings. The first-order chi connectivity index (χ1) is 9.34. The fourth-order valence-electron chi connectivity index (χ4n) is 2.60. The lowest BCUT2D eigenvalue weighted by Crippen LogP contribution is -2.25. The maximum absolute atomic E-state index is 12.5. The summed E-state index contributed by atoms with van der Waals surface area (Å²) in [6.45, 7) is 0.546. The van der Waals surface area contributed by atoms with Crippen molar-refractivity contribution >= 4 is 33.7 Å². The number of carbonyl (C=O) groups excluding carboxylic acids is 1. The number of benzene rings is 2. The molecule has 2 aromatic carbocycles. The number of anilines is 1. The van der Waals surface area contributed by atoms with Gasteiger partial charge in [-0.1, -0.05) is 24.3 Å². The number of aromatic nitrogens is 1. The molecule has 0 saturated carbocycles. The van der Waals surface area contributed by atoms with Gasteiger partial charge in [-0.3, -0.25) is 4.79 Å². The van der Waals surface area contributed by atoms with Crippen molar-refractivity contribution < 1.29 is 4.79 Å². The van der Waals surface area contributed by atoms with E-state index in [4.69, 9.17) is 0 Å². The van der Waals surface area contributed by atoms with E-state index in [1.54, 1.807) is 17.5 Å². The zero-order valence-corrected chi connectivity index (χ0v) is 10.9. The molecule has 0 aliphatic carbocycles. The first-order valence-electron chi connectivity index (χ1n) is 6.06. The van der Waals surface area contributed by atoms with Gasteiger partial charge in [-0.2, -0.15) is 0 Å². The minimum absolute atomic E-state index is 0.0713. The van der Waals surface area contributed by atoms with E-state index in [0.717, 1.165) is 27.0 Å². The van der Waals surface area contributed by atoms with E-state index >= 15 is 0 Å². The molecule has 2 heterocycles. The quantitative estimate of drug-likeness (QED) is 0.711. The van der Waals surface area contributed by atoms with Crippen LogP contribution in [-0.2, 0) is 6.54 Å². The first kappa shape index (κ1) is 10.7. The van der Waals surface area contributed by atoms with E-state index in [0.29, 0.717) is 6.54 Å². The second-order valence-electron chi connectivity index (χ2n) is 4.50. The number of thiazole rings is 1. The third-order valence-corrected chi connectivity index (χ3v) is 4.19. The maximum Gasteiger partial charge on any atom is 0.259 e. The van der Waals surface area contributed by atoms with Crippen LogP contribution in [0, 0.1) is 0 Å². The lowest BCUT2D eigenvalue weighted by Gasteiger charge is -2.15. The molecule has 0 atom stereocenters. The lowest BCUT2D eigenvalue weighted by molar-refractivity contribution is 0.0991. The molecule has 3 nitrogen and oxygen atoms in total. The van der Waals surface area contributed by atoms with Crippen molar-refractivity contribution in [2.75, 3.05) is 4.90 Å². The molecule has 1 amide bonds. The molecule has 0 fully saturated rings. The van der Waals surface area contributed by atoms with E-state index in [-0.39, 0.29) is 5.91 Å². The van der Waals surface area contributed by atoms with Crippen LogP contribution in [0.2, 0.25) is 0 Å². The fraction of sp³-hybridized carbons (Fsp3) is 0.0667. The summed E-state index contributed by atoms with van der Waals surface area (Å²) in [6, 6.07) is 11.9. The molecule has 19 heavy (non-hydrogen) atoms. The normalized spacial score (nSPS) is 13.5. The summed E-state index contributed by atoms with van der Waals surface area (Å²) >= 11 is 1.58. The van der Waals surface area contributed by atoms with Crippen LogP contribution in [0.1, 0.15) is 15.4 Å². The molecule has 0 spiro atoms. The second kappa shape index (κ2) is 3.90. The van der Waals surface area contributed by atoms with Crippen LogP contribution in [-0.4, -0.2) is 10.9 Å². The van der Waals surface area contributed by atoms with E-state index < -0.39 is 0 Å². The summed E-state index contributed by atoms with van der Waals surface area (Å²) < 4.78 is 0. The highest BCUT2D eigenvalue weighted by atomic mass is 32.1. The fourth-order valence-corrected chi connectivity index (χ4v) is 3.21. The predicted molar refractivity (Wildman–Crippen MR) is 76.6 cm³/mol. The van der Waals surface area contributed by atoms with Crippen LogP contribution in [0.15, 0.2) is 48.0 Å². The van der Waals surface area contributed by atoms with Crippen molar-refractivity contribution in [3.8, 4) is 0 Å². The number of amides is 1. The van der Waals surface area contributed by atoms with Crippen molar-refractivity contribution in [1.29, 1.82) is 0 Å². The number of hydrogen-bond acceptors (Lipinski definition) is 3. The number of nitrogens with zero attached hydrogens (tertiary/aromatic N) is 2. The van der Waals surface area contributed by atoms with Gasteiger partial charge < -0.3 is 4.90 Å². The third-order valence-electron chi connectivity index (χ3n) is 3.43. The number of rotatable bonds is 2. The molecule has 0 saturated heterocycles. The van der Waals surface area contributed by atoms with Gasteiger partial charge >= 0.3 is 0 Å². The molecule has 1 aromatic heterocycles. The summed E-state index contributed by atoms with van der Waals surface area (Å²) in [4.78, 5) is 18.6. The minimum Gasteiger partial charge on any atom is -0.301 e. The number of hydrogen-bond donors (Lipinski definition) is 0. The Labute approximate surface area is 114 Å². The molecule has 4 rings (SSSR count). The standard InChI is InChI=1S/C15H10N2OS/c18-15-11-5-1-3-10-4-2-6-12(14(10)11)17(15)9-13-16-7-8-19-13/h1-8H,9H2. The van der Waals surface area contributed by atoms with Gasteiger partial charge in [-0.05, 0) is 17.5 Å². The van der Waals surface area contributed by atoms with Crippen molar-refractivity contribution in [2.45, 2.75) is 6.54 Å². The summed E-state index contributed by atoms with van der Waals surface area (Å²) in [7, 11) is 0. The van der Waals surface area contributed by atoms with Crippen molar-refractivity contribution in [3.05, 3.63) is 58.5 Å². The Hall–Kier alpha value is -2.20. The Bertz CT molecular complexity index is 775. The number of carbonyl (C=O) groups is 1. The van der Waals surface area contributed by atoms with Gasteiger partial charge in [-0.25, -0.2) is 4.98 Å². The van der Waals surface area contributed by atoms with Crippen LogP contribution in [0.3, 0.4) is 0 Å². The molecule has 0 radical (unpaired) electrons. The molecule has 1 aliphatic heterocycles. The topological polar surface area (TPSA) is 33.2 Å². The average Bonchev–Trinajstić information content (AvgIpc) is 3.04. The minimum atomic E-state index is 0.0713. The van der Waals surface area contributed by atoms with Crippen LogP contribution in [0.25, 0.3) is 10.8 Å². The third kappa shape index (κ3) is 1.50. The van der Waals surface area contributed by atoms with Gasteiger partial charge in [-0.15, -0.1) is 11.3 Å². The van der Waals surface area contributed by atoms with E-state index in [2.05, 4.69) is 4.98 Å². The molecule has 0 bridgehead atoms. The molecule has 3 aromatic rings. The van der Waals surface area contributed by atoms with Gasteiger partial charge in [0.1, 0.15) is 5.01 Å². The van der Waals surface area contributed by atoms with Crippen LogP contribution < -0.4 is 4.90 Å². The molecule has 4 heteroatoms. The average molecular weight is 266 g/mol. The summed E-state index contributed by atoms with van der Waals surface area (Å²) in [5.74, 6) is 0.0713. The summed E-state index contributed by atoms with van der Waals surface area (Å²) in [5, 5.41) is 5.07. The van der Waals surface area contributed by atoms with Crippen molar-refractivity contribution in [3.63, 3.8) is 0 Å². The van der Waals surface area contributed by atoms with Crippen molar-refractivity contribution in [1.82, 2.24) is 4.98 Å². The zero-order valence-electron chi connectivity index (χ0n) is 10.0. The Balaban J connectivity index is 1.89. The SMILES string of the molecule is O=C1c2cccc3cccc(c23)N1Cc1nccs1. The second-order valence-corrected chi connectivity index (χ2v) is 5.48. The van der Waals surface area contributed by atoms with Gasteiger partial charge in [0.25, 0.3) is 5.91 Å². The molecule has 0 N–H and O–H groups in total. The Kier molecular flexibility index (Phi) is 2.19. The lowest BCUT2D eigenvalue weighted by atomic mass is 10.1. The summed E-state index contributed by atoms with van der Waals surface area (Å²) in [5.41, 5.74) is 1.79. The van der Waals surface area contributed by atoms with Crippen molar-refractivity contribution in [2.24, 2.45) is 0 Å². The largest absolute Gasteiger partial charge is 0.301 e. The predicted octanol–water partition coefficient (Wildman–Crippen LogP) is 3.46. The Morgan fingerprint density at radius 3 is 2.79 bits per heavy atom.